The third kappa shape index (κ3) is 5.58. The van der Waals surface area contributed by atoms with Crippen LogP contribution in [0.4, 0.5) is 0 Å². The molecule has 0 saturated carbocycles. The molecule has 0 radical (unpaired) electrons. The second-order valence-electron chi connectivity index (χ2n) is 6.87. The van der Waals surface area contributed by atoms with Crippen LogP contribution in [0.2, 0.25) is 20.1 Å². The quantitative estimate of drug-likeness (QED) is 0.616. The van der Waals surface area contributed by atoms with Crippen LogP contribution in [0.5, 0.6) is 0 Å². The molecule has 0 spiro atoms. The number of rotatable bonds is 4. The van der Waals surface area contributed by atoms with Crippen LogP contribution >= 0.6 is 46.4 Å². The number of amides is 2. The minimum Gasteiger partial charge on any atom is -0.341 e. The highest BCUT2D eigenvalue weighted by molar-refractivity contribution is 6.36. The van der Waals surface area contributed by atoms with Crippen molar-refractivity contribution in [2.75, 3.05) is 26.2 Å². The third-order valence-electron chi connectivity index (χ3n) is 4.98. The molecule has 2 aromatic rings. The molecule has 0 bridgehead atoms. The molecule has 1 saturated heterocycles. The van der Waals surface area contributed by atoms with Crippen molar-refractivity contribution in [3.05, 3.63) is 67.6 Å². The zero-order chi connectivity index (χ0) is 21.0. The summed E-state index contributed by atoms with van der Waals surface area (Å²) in [5.74, 6) is -0.105. The average Bonchev–Trinajstić information content (AvgIpc) is 2.94. The van der Waals surface area contributed by atoms with Crippen LogP contribution in [-0.4, -0.2) is 47.8 Å². The molecule has 2 amide bonds. The average molecular weight is 474 g/mol. The first kappa shape index (κ1) is 22.2. The maximum atomic E-state index is 12.8. The van der Waals surface area contributed by atoms with Crippen molar-refractivity contribution in [1.29, 1.82) is 0 Å². The highest BCUT2D eigenvalue weighted by Crippen LogP contribution is 2.26. The molecule has 2 aromatic carbocycles. The Kier molecular flexibility index (Phi) is 7.69. The highest BCUT2D eigenvalue weighted by atomic mass is 35.5. The van der Waals surface area contributed by atoms with Gasteiger partial charge in [-0.2, -0.15) is 0 Å². The molecule has 0 N–H and O–H groups in total. The lowest BCUT2D eigenvalue weighted by molar-refractivity contribution is -0.132. The summed E-state index contributed by atoms with van der Waals surface area (Å²) in [5.41, 5.74) is 1.26. The van der Waals surface area contributed by atoms with Gasteiger partial charge in [0.25, 0.3) is 0 Å². The number of nitrogens with zero attached hydrogens (tertiary/aromatic N) is 2. The molecule has 1 heterocycles. The van der Waals surface area contributed by atoms with E-state index in [4.69, 9.17) is 46.4 Å². The fourth-order valence-electron chi connectivity index (χ4n) is 3.34. The smallest absolute Gasteiger partial charge is 0.227 e. The number of carbonyl (C=O) groups is 2. The van der Waals surface area contributed by atoms with Gasteiger partial charge in [0.05, 0.1) is 12.8 Å². The molecule has 29 heavy (non-hydrogen) atoms. The number of benzene rings is 2. The van der Waals surface area contributed by atoms with Gasteiger partial charge >= 0.3 is 0 Å². The Balaban J connectivity index is 1.61. The molecule has 0 aliphatic carbocycles. The molecular formula is C21H20Cl4N2O2. The van der Waals surface area contributed by atoms with Gasteiger partial charge in [-0.3, -0.25) is 9.59 Å². The molecule has 3 rings (SSSR count). The van der Waals surface area contributed by atoms with E-state index in [0.717, 1.165) is 0 Å². The lowest BCUT2D eigenvalue weighted by Gasteiger charge is -2.23. The lowest BCUT2D eigenvalue weighted by Crippen LogP contribution is -2.38. The van der Waals surface area contributed by atoms with E-state index in [1.54, 1.807) is 46.2 Å². The molecule has 1 fully saturated rings. The molecule has 0 unspecified atom stereocenters. The topological polar surface area (TPSA) is 40.6 Å². The van der Waals surface area contributed by atoms with Gasteiger partial charge in [0.2, 0.25) is 11.8 Å². The van der Waals surface area contributed by atoms with E-state index in [2.05, 4.69) is 0 Å². The standard InChI is InChI=1S/C21H20Cl4N2O2/c22-16-4-1-5-17(23)14(16)12-20(28)26-8-3-9-27(11-10-26)21(29)13-15-18(24)6-2-7-19(15)25/h1-2,4-7H,3,8-13H2. The van der Waals surface area contributed by atoms with Gasteiger partial charge in [-0.05, 0) is 41.8 Å². The summed E-state index contributed by atoms with van der Waals surface area (Å²) in [4.78, 5) is 29.0. The van der Waals surface area contributed by atoms with E-state index in [9.17, 15) is 9.59 Å². The lowest BCUT2D eigenvalue weighted by atomic mass is 10.1. The summed E-state index contributed by atoms with van der Waals surface area (Å²) < 4.78 is 0. The van der Waals surface area contributed by atoms with E-state index in [-0.39, 0.29) is 24.7 Å². The molecule has 154 valence electrons. The van der Waals surface area contributed by atoms with Crippen molar-refractivity contribution < 1.29 is 9.59 Å². The van der Waals surface area contributed by atoms with Gasteiger partial charge < -0.3 is 9.80 Å². The van der Waals surface area contributed by atoms with Crippen molar-refractivity contribution in [2.24, 2.45) is 0 Å². The maximum Gasteiger partial charge on any atom is 0.227 e. The molecular weight excluding hydrogens is 454 g/mol. The van der Waals surface area contributed by atoms with E-state index < -0.39 is 0 Å². The predicted octanol–water partition coefficient (Wildman–Crippen LogP) is 5.15. The van der Waals surface area contributed by atoms with E-state index >= 15 is 0 Å². The Hall–Kier alpha value is -1.46. The summed E-state index contributed by atoms with van der Waals surface area (Å²) in [5, 5.41) is 1.92. The van der Waals surface area contributed by atoms with Crippen LogP contribution in [-0.2, 0) is 22.4 Å². The van der Waals surface area contributed by atoms with Gasteiger partial charge in [-0.15, -0.1) is 0 Å². The second kappa shape index (κ2) is 10.0. The molecule has 4 nitrogen and oxygen atoms in total. The van der Waals surface area contributed by atoms with Crippen molar-refractivity contribution in [1.82, 2.24) is 9.80 Å². The predicted molar refractivity (Wildman–Crippen MR) is 118 cm³/mol. The fourth-order valence-corrected chi connectivity index (χ4v) is 4.41. The first-order valence-electron chi connectivity index (χ1n) is 9.28. The maximum absolute atomic E-state index is 12.8. The van der Waals surface area contributed by atoms with E-state index in [1.807, 2.05) is 0 Å². The Morgan fingerprint density at radius 3 is 1.34 bits per heavy atom. The minimum atomic E-state index is -0.0524. The summed E-state index contributed by atoms with van der Waals surface area (Å²) >= 11 is 24.7. The van der Waals surface area contributed by atoms with Gasteiger partial charge in [0.1, 0.15) is 0 Å². The van der Waals surface area contributed by atoms with Crippen molar-refractivity contribution in [2.45, 2.75) is 19.3 Å². The van der Waals surface area contributed by atoms with Crippen LogP contribution in [0.15, 0.2) is 36.4 Å². The van der Waals surface area contributed by atoms with Crippen LogP contribution in [0, 0.1) is 0 Å². The van der Waals surface area contributed by atoms with Crippen LogP contribution in [0.25, 0.3) is 0 Å². The zero-order valence-electron chi connectivity index (χ0n) is 15.6. The molecule has 1 aliphatic heterocycles. The number of halogens is 4. The largest absolute Gasteiger partial charge is 0.341 e. The summed E-state index contributed by atoms with van der Waals surface area (Å²) in [7, 11) is 0. The SMILES string of the molecule is O=C(Cc1c(Cl)cccc1Cl)N1CCCN(C(=O)Cc2c(Cl)cccc2Cl)CC1. The van der Waals surface area contributed by atoms with Gasteiger partial charge in [-0.25, -0.2) is 0 Å². The van der Waals surface area contributed by atoms with E-state index in [0.29, 0.717) is 63.8 Å². The molecule has 0 atom stereocenters. The summed E-state index contributed by atoms with van der Waals surface area (Å²) in [6.07, 6.45) is 0.980. The second-order valence-corrected chi connectivity index (χ2v) is 8.50. The van der Waals surface area contributed by atoms with Crippen LogP contribution in [0.1, 0.15) is 17.5 Å². The van der Waals surface area contributed by atoms with E-state index in [1.165, 1.54) is 0 Å². The molecule has 8 heteroatoms. The number of carbonyl (C=O) groups excluding carboxylic acids is 2. The van der Waals surface area contributed by atoms with Crippen molar-refractivity contribution in [3.63, 3.8) is 0 Å². The zero-order valence-corrected chi connectivity index (χ0v) is 18.7. The fraction of sp³-hybridized carbons (Fsp3) is 0.333. The van der Waals surface area contributed by atoms with Crippen LogP contribution < -0.4 is 0 Å². The van der Waals surface area contributed by atoms with Gasteiger partial charge in [0, 0.05) is 46.3 Å². The van der Waals surface area contributed by atoms with Crippen LogP contribution in [0.3, 0.4) is 0 Å². The van der Waals surface area contributed by atoms with Crippen molar-refractivity contribution in [3.8, 4) is 0 Å². The number of hydrogen-bond acceptors (Lipinski definition) is 2. The number of hydrogen-bond donors (Lipinski definition) is 0. The third-order valence-corrected chi connectivity index (χ3v) is 6.40. The van der Waals surface area contributed by atoms with Gasteiger partial charge in [0.15, 0.2) is 0 Å². The first-order valence-corrected chi connectivity index (χ1v) is 10.8. The molecule has 1 aliphatic rings. The summed E-state index contributed by atoms with van der Waals surface area (Å²) in [6.45, 7) is 2.08. The monoisotopic (exact) mass is 472 g/mol. The normalized spacial score (nSPS) is 14.6. The first-order chi connectivity index (χ1) is 13.9. The highest BCUT2D eigenvalue weighted by Gasteiger charge is 2.24. The molecule has 0 aromatic heterocycles. The Bertz CT molecular complexity index is 806. The Morgan fingerprint density at radius 2 is 1.00 bits per heavy atom. The Labute approximate surface area is 190 Å². The van der Waals surface area contributed by atoms with Crippen molar-refractivity contribution >= 4 is 58.2 Å². The Morgan fingerprint density at radius 1 is 0.655 bits per heavy atom. The minimum absolute atomic E-state index is 0.0524. The summed E-state index contributed by atoms with van der Waals surface area (Å²) in [6, 6.07) is 10.4. The van der Waals surface area contributed by atoms with Gasteiger partial charge in [-0.1, -0.05) is 58.5 Å².